The summed E-state index contributed by atoms with van der Waals surface area (Å²) in [5, 5.41) is 2.83. The molecule has 0 aromatic heterocycles. The fourth-order valence-corrected chi connectivity index (χ4v) is 2.70. The molecule has 1 N–H and O–H groups in total. The highest BCUT2D eigenvalue weighted by molar-refractivity contribution is 5.87. The molecule has 142 valence electrons. The van der Waals surface area contributed by atoms with E-state index in [4.69, 9.17) is 9.47 Å². The highest BCUT2D eigenvalue weighted by atomic mass is 16.5. The molecule has 0 radical (unpaired) electrons. The topological polar surface area (TPSA) is 67.9 Å². The van der Waals surface area contributed by atoms with Gasteiger partial charge in [-0.2, -0.15) is 0 Å². The van der Waals surface area contributed by atoms with Crippen LogP contribution >= 0.6 is 0 Å². The minimum atomic E-state index is -0.483. The lowest BCUT2D eigenvalue weighted by atomic mass is 10.0. The van der Waals surface area contributed by atoms with Crippen LogP contribution in [0.5, 0.6) is 0 Å². The van der Waals surface area contributed by atoms with Gasteiger partial charge in [0.2, 0.25) is 5.91 Å². The molecule has 2 rings (SSSR count). The summed E-state index contributed by atoms with van der Waals surface area (Å²) in [6.45, 7) is 6.70. The summed E-state index contributed by atoms with van der Waals surface area (Å²) in [6.07, 6.45) is 3.54. The molecule has 1 aliphatic heterocycles. The molecule has 1 aromatic rings. The predicted octanol–water partition coefficient (Wildman–Crippen LogP) is 2.74. The third-order valence-corrected chi connectivity index (χ3v) is 4.04. The molecule has 0 aliphatic carbocycles. The molecule has 1 saturated heterocycles. The van der Waals surface area contributed by atoms with Gasteiger partial charge < -0.3 is 19.7 Å². The molecule has 1 fully saturated rings. The Hall–Kier alpha value is -2.34. The molecule has 1 aromatic carbocycles. The summed E-state index contributed by atoms with van der Waals surface area (Å²) in [7, 11) is 0. The summed E-state index contributed by atoms with van der Waals surface area (Å²) >= 11 is 0. The molecule has 0 saturated carbocycles. The predicted molar refractivity (Wildman–Crippen MR) is 99.5 cm³/mol. The van der Waals surface area contributed by atoms with Crippen molar-refractivity contribution in [2.75, 3.05) is 26.3 Å². The minimum Gasteiger partial charge on any atom is -0.445 e. The molecule has 1 atom stereocenters. The third kappa shape index (κ3) is 7.27. The van der Waals surface area contributed by atoms with E-state index in [1.807, 2.05) is 30.3 Å². The van der Waals surface area contributed by atoms with Crippen LogP contribution < -0.4 is 5.32 Å². The van der Waals surface area contributed by atoms with Gasteiger partial charge in [0.15, 0.2) is 0 Å². The van der Waals surface area contributed by atoms with Crippen molar-refractivity contribution >= 4 is 12.0 Å². The summed E-state index contributed by atoms with van der Waals surface area (Å²) in [5.41, 5.74) is 0.932. The maximum absolute atomic E-state index is 12.2. The molecule has 1 aliphatic rings. The Labute approximate surface area is 155 Å². The van der Waals surface area contributed by atoms with Gasteiger partial charge in [0.25, 0.3) is 0 Å². The molecule has 26 heavy (non-hydrogen) atoms. The van der Waals surface area contributed by atoms with Crippen LogP contribution in [-0.2, 0) is 20.9 Å². The summed E-state index contributed by atoms with van der Waals surface area (Å²) < 4.78 is 10.5. The zero-order valence-corrected chi connectivity index (χ0v) is 15.5. The number of alkyl carbamates (subject to hydrolysis) is 1. The van der Waals surface area contributed by atoms with Crippen LogP contribution in [0.1, 0.15) is 25.8 Å². The van der Waals surface area contributed by atoms with Crippen molar-refractivity contribution in [3.8, 4) is 0 Å². The zero-order chi connectivity index (χ0) is 18.8. The number of hydrogen-bond donors (Lipinski definition) is 1. The Bertz CT molecular complexity index is 595. The maximum atomic E-state index is 12.2. The van der Waals surface area contributed by atoms with Gasteiger partial charge >= 0.3 is 6.09 Å². The van der Waals surface area contributed by atoms with Crippen molar-refractivity contribution in [1.82, 2.24) is 10.2 Å². The van der Waals surface area contributed by atoms with E-state index in [1.54, 1.807) is 11.0 Å². The fraction of sp³-hybridized carbons (Fsp3) is 0.500. The van der Waals surface area contributed by atoms with Crippen molar-refractivity contribution in [2.45, 2.75) is 32.9 Å². The second-order valence-electron chi connectivity index (χ2n) is 6.74. The Morgan fingerprint density at radius 1 is 1.23 bits per heavy atom. The quantitative estimate of drug-likeness (QED) is 0.759. The van der Waals surface area contributed by atoms with Gasteiger partial charge in [-0.05, 0) is 17.9 Å². The molecular formula is C20H28N2O4. The van der Waals surface area contributed by atoms with E-state index < -0.39 is 6.09 Å². The van der Waals surface area contributed by atoms with E-state index in [1.165, 1.54) is 6.08 Å². The summed E-state index contributed by atoms with van der Waals surface area (Å²) in [4.78, 5) is 26.1. The highest BCUT2D eigenvalue weighted by Gasteiger charge is 2.16. The van der Waals surface area contributed by atoms with Crippen molar-refractivity contribution in [3.05, 3.63) is 48.0 Å². The van der Waals surface area contributed by atoms with Crippen LogP contribution in [0.3, 0.4) is 0 Å². The fourth-order valence-electron chi connectivity index (χ4n) is 2.70. The van der Waals surface area contributed by atoms with Gasteiger partial charge in [0, 0.05) is 19.2 Å². The lowest BCUT2D eigenvalue weighted by Gasteiger charge is -2.26. The summed E-state index contributed by atoms with van der Waals surface area (Å²) in [5.74, 6) is 0.319. The van der Waals surface area contributed by atoms with E-state index in [0.717, 1.165) is 12.0 Å². The second kappa shape index (κ2) is 10.6. The maximum Gasteiger partial charge on any atom is 0.407 e. The summed E-state index contributed by atoms with van der Waals surface area (Å²) in [6, 6.07) is 9.28. The Morgan fingerprint density at radius 2 is 1.92 bits per heavy atom. The monoisotopic (exact) mass is 360 g/mol. The molecule has 6 nitrogen and oxygen atoms in total. The number of rotatable bonds is 7. The number of amides is 2. The van der Waals surface area contributed by atoms with Gasteiger partial charge in [-0.25, -0.2) is 4.79 Å². The largest absolute Gasteiger partial charge is 0.445 e. The Kier molecular flexibility index (Phi) is 8.15. The van der Waals surface area contributed by atoms with Gasteiger partial charge in [0.05, 0.1) is 19.3 Å². The average Bonchev–Trinajstić information content (AvgIpc) is 2.65. The number of morpholine rings is 1. The number of nitrogens with zero attached hydrogens (tertiary/aromatic N) is 1. The molecular weight excluding hydrogens is 332 g/mol. The first-order valence-corrected chi connectivity index (χ1v) is 9.06. The first-order valence-electron chi connectivity index (χ1n) is 9.06. The van der Waals surface area contributed by atoms with Crippen LogP contribution in [0.2, 0.25) is 0 Å². The molecule has 0 spiro atoms. The van der Waals surface area contributed by atoms with Gasteiger partial charge in [-0.1, -0.05) is 50.3 Å². The zero-order valence-electron chi connectivity index (χ0n) is 15.5. The second-order valence-corrected chi connectivity index (χ2v) is 6.74. The number of hydrogen-bond acceptors (Lipinski definition) is 4. The van der Waals surface area contributed by atoms with E-state index in [-0.39, 0.29) is 18.6 Å². The lowest BCUT2D eigenvalue weighted by Crippen LogP contribution is -2.40. The molecule has 6 heteroatoms. The number of ether oxygens (including phenoxy) is 2. The number of carbonyl (C=O) groups excluding carboxylic acids is 2. The van der Waals surface area contributed by atoms with Crippen LogP contribution in [0.25, 0.3) is 0 Å². The average molecular weight is 360 g/mol. The molecule has 1 unspecified atom stereocenters. The Morgan fingerprint density at radius 3 is 2.58 bits per heavy atom. The third-order valence-electron chi connectivity index (χ3n) is 4.04. The lowest BCUT2D eigenvalue weighted by molar-refractivity contribution is -0.130. The first-order chi connectivity index (χ1) is 12.5. The smallest absolute Gasteiger partial charge is 0.407 e. The molecule has 0 bridgehead atoms. The van der Waals surface area contributed by atoms with Crippen LogP contribution in [0, 0.1) is 5.92 Å². The van der Waals surface area contributed by atoms with Crippen LogP contribution in [-0.4, -0.2) is 49.2 Å². The number of carbonyl (C=O) groups is 2. The van der Waals surface area contributed by atoms with Crippen molar-refractivity contribution < 1.29 is 19.1 Å². The van der Waals surface area contributed by atoms with Crippen molar-refractivity contribution in [2.24, 2.45) is 5.92 Å². The van der Waals surface area contributed by atoms with Crippen molar-refractivity contribution in [3.63, 3.8) is 0 Å². The SMILES string of the molecule is CC(C)CC(/C=C/C(=O)N1CCOCC1)NC(=O)OCc1ccccc1. The normalized spacial score (nSPS) is 15.9. The van der Waals surface area contributed by atoms with Gasteiger partial charge in [0.1, 0.15) is 6.61 Å². The first kappa shape index (κ1) is 20.0. The Balaban J connectivity index is 1.85. The van der Waals surface area contributed by atoms with E-state index in [0.29, 0.717) is 32.2 Å². The van der Waals surface area contributed by atoms with Gasteiger partial charge in [-0.15, -0.1) is 0 Å². The standard InChI is InChI=1S/C20H28N2O4/c1-16(2)14-18(8-9-19(23)22-10-12-25-13-11-22)21-20(24)26-15-17-6-4-3-5-7-17/h3-9,16,18H,10-15H2,1-2H3,(H,21,24)/b9-8+. The number of nitrogens with one attached hydrogen (secondary N) is 1. The van der Waals surface area contributed by atoms with E-state index >= 15 is 0 Å². The minimum absolute atomic E-state index is 0.0542. The molecule has 1 heterocycles. The van der Waals surface area contributed by atoms with Gasteiger partial charge in [-0.3, -0.25) is 4.79 Å². The van der Waals surface area contributed by atoms with E-state index in [9.17, 15) is 9.59 Å². The molecule has 2 amide bonds. The van der Waals surface area contributed by atoms with Crippen LogP contribution in [0.4, 0.5) is 4.79 Å². The number of benzene rings is 1. The van der Waals surface area contributed by atoms with E-state index in [2.05, 4.69) is 19.2 Å². The highest BCUT2D eigenvalue weighted by Crippen LogP contribution is 2.08. The van der Waals surface area contributed by atoms with Crippen molar-refractivity contribution in [1.29, 1.82) is 0 Å². The van der Waals surface area contributed by atoms with Crippen LogP contribution in [0.15, 0.2) is 42.5 Å².